The second-order valence-corrected chi connectivity index (χ2v) is 5.49. The van der Waals surface area contributed by atoms with Gasteiger partial charge in [-0.15, -0.1) is 0 Å². The minimum atomic E-state index is 0.441. The van der Waals surface area contributed by atoms with Crippen LogP contribution in [0, 0.1) is 0 Å². The zero-order valence-electron chi connectivity index (χ0n) is 12.2. The monoisotopic (exact) mass is 325 g/mol. The minimum absolute atomic E-state index is 0.441. The molecular formula is C14H17Cl2N5. The predicted molar refractivity (Wildman–Crippen MR) is 88.4 cm³/mol. The van der Waals surface area contributed by atoms with E-state index in [2.05, 4.69) is 27.2 Å². The van der Waals surface area contributed by atoms with Crippen LogP contribution < -0.4 is 10.2 Å². The largest absolute Gasteiger partial charge is 0.354 e. The van der Waals surface area contributed by atoms with Crippen molar-refractivity contribution in [3.63, 3.8) is 0 Å². The number of hydrogen-bond donors (Lipinski definition) is 1. The lowest BCUT2D eigenvalue weighted by Crippen LogP contribution is -2.16. The van der Waals surface area contributed by atoms with E-state index in [0.717, 1.165) is 13.0 Å². The van der Waals surface area contributed by atoms with Crippen LogP contribution in [0.3, 0.4) is 0 Å². The summed E-state index contributed by atoms with van der Waals surface area (Å²) in [7, 11) is 3.75. The first kappa shape index (κ1) is 15.8. The van der Waals surface area contributed by atoms with Crippen molar-refractivity contribution in [1.82, 2.24) is 15.0 Å². The highest BCUT2D eigenvalue weighted by Gasteiger charge is 2.13. The van der Waals surface area contributed by atoms with E-state index in [1.165, 1.54) is 0 Å². The molecule has 1 aromatic heterocycles. The summed E-state index contributed by atoms with van der Waals surface area (Å²) in [6.07, 6.45) is 0.982. The molecule has 1 N–H and O–H groups in total. The fraction of sp³-hybridized carbons (Fsp3) is 0.357. The second-order valence-electron chi connectivity index (χ2n) is 4.71. The third-order valence-corrected chi connectivity index (χ3v) is 3.57. The quantitative estimate of drug-likeness (QED) is 0.907. The Morgan fingerprint density at radius 1 is 1.14 bits per heavy atom. The fourth-order valence-corrected chi connectivity index (χ4v) is 2.06. The Bertz CT molecular complexity index is 631. The first-order valence-corrected chi connectivity index (χ1v) is 7.40. The summed E-state index contributed by atoms with van der Waals surface area (Å²) in [5.74, 6) is 1.59. The van der Waals surface area contributed by atoms with Gasteiger partial charge in [-0.1, -0.05) is 36.2 Å². The summed E-state index contributed by atoms with van der Waals surface area (Å²) in [4.78, 5) is 15.0. The molecule has 2 rings (SSSR count). The highest BCUT2D eigenvalue weighted by Crippen LogP contribution is 2.32. The van der Waals surface area contributed by atoms with Crippen LogP contribution in [-0.4, -0.2) is 35.6 Å². The molecule has 0 bridgehead atoms. The van der Waals surface area contributed by atoms with Gasteiger partial charge in [0.1, 0.15) is 0 Å². The van der Waals surface area contributed by atoms with Crippen LogP contribution in [0.1, 0.15) is 13.3 Å². The SMILES string of the molecule is CCCNc1nc(-c2cccc(Cl)c2Cl)nc(N(C)C)n1. The molecule has 2 aromatic rings. The Hall–Kier alpha value is -1.59. The third-order valence-electron chi connectivity index (χ3n) is 2.75. The average molecular weight is 326 g/mol. The van der Waals surface area contributed by atoms with Crippen LogP contribution in [0.25, 0.3) is 11.4 Å². The molecule has 0 aliphatic carbocycles. The highest BCUT2D eigenvalue weighted by molar-refractivity contribution is 6.43. The van der Waals surface area contributed by atoms with Gasteiger partial charge in [0.05, 0.1) is 10.0 Å². The molecule has 5 nitrogen and oxygen atoms in total. The van der Waals surface area contributed by atoms with E-state index in [-0.39, 0.29) is 0 Å². The number of rotatable bonds is 5. The Morgan fingerprint density at radius 2 is 1.90 bits per heavy atom. The zero-order chi connectivity index (χ0) is 15.4. The van der Waals surface area contributed by atoms with Crippen molar-refractivity contribution in [2.24, 2.45) is 0 Å². The summed E-state index contributed by atoms with van der Waals surface area (Å²) in [6, 6.07) is 5.39. The standard InChI is InChI=1S/C14H17Cl2N5/c1-4-8-17-13-18-12(19-14(20-13)21(2)3)9-6-5-7-10(15)11(9)16/h5-7H,4,8H2,1-3H3,(H,17,18,19,20). The second kappa shape index (κ2) is 6.91. The molecule has 0 saturated heterocycles. The van der Waals surface area contributed by atoms with Crippen LogP contribution in [0.15, 0.2) is 18.2 Å². The lowest BCUT2D eigenvalue weighted by molar-refractivity contribution is 0.920. The summed E-state index contributed by atoms with van der Waals surface area (Å²) in [5.41, 5.74) is 0.689. The zero-order valence-corrected chi connectivity index (χ0v) is 13.7. The normalized spacial score (nSPS) is 10.5. The molecular weight excluding hydrogens is 309 g/mol. The van der Waals surface area contributed by atoms with E-state index in [1.807, 2.05) is 31.1 Å². The number of aromatic nitrogens is 3. The molecule has 0 fully saturated rings. The van der Waals surface area contributed by atoms with Crippen molar-refractivity contribution in [3.05, 3.63) is 28.2 Å². The Morgan fingerprint density at radius 3 is 2.57 bits per heavy atom. The van der Waals surface area contributed by atoms with Crippen LogP contribution in [0.5, 0.6) is 0 Å². The number of hydrogen-bond acceptors (Lipinski definition) is 5. The maximum Gasteiger partial charge on any atom is 0.230 e. The first-order valence-electron chi connectivity index (χ1n) is 6.64. The van der Waals surface area contributed by atoms with Gasteiger partial charge in [-0.05, 0) is 18.6 Å². The Labute approximate surface area is 134 Å². The topological polar surface area (TPSA) is 53.9 Å². The summed E-state index contributed by atoms with van der Waals surface area (Å²) in [6.45, 7) is 2.87. The molecule has 0 spiro atoms. The number of anilines is 2. The van der Waals surface area contributed by atoms with Gasteiger partial charge in [0.2, 0.25) is 11.9 Å². The molecule has 0 saturated carbocycles. The van der Waals surface area contributed by atoms with E-state index < -0.39 is 0 Å². The maximum absolute atomic E-state index is 6.25. The number of benzene rings is 1. The number of nitrogens with zero attached hydrogens (tertiary/aromatic N) is 4. The molecule has 112 valence electrons. The van der Waals surface area contributed by atoms with Crippen molar-refractivity contribution in [2.75, 3.05) is 30.9 Å². The molecule has 1 heterocycles. The molecule has 7 heteroatoms. The van der Waals surface area contributed by atoms with E-state index in [1.54, 1.807) is 6.07 Å². The van der Waals surface area contributed by atoms with Crippen molar-refractivity contribution in [3.8, 4) is 11.4 Å². The van der Waals surface area contributed by atoms with Gasteiger partial charge in [0.15, 0.2) is 5.82 Å². The Balaban J connectivity index is 2.51. The molecule has 0 unspecified atom stereocenters. The lowest BCUT2D eigenvalue weighted by Gasteiger charge is -2.14. The molecule has 0 radical (unpaired) electrons. The lowest BCUT2D eigenvalue weighted by atomic mass is 10.2. The highest BCUT2D eigenvalue weighted by atomic mass is 35.5. The van der Waals surface area contributed by atoms with Crippen LogP contribution >= 0.6 is 23.2 Å². The van der Waals surface area contributed by atoms with Crippen LogP contribution in [0.2, 0.25) is 10.0 Å². The van der Waals surface area contributed by atoms with E-state index >= 15 is 0 Å². The molecule has 0 amide bonds. The number of nitrogens with one attached hydrogen (secondary N) is 1. The van der Waals surface area contributed by atoms with Gasteiger partial charge >= 0.3 is 0 Å². The van der Waals surface area contributed by atoms with Crippen LogP contribution in [-0.2, 0) is 0 Å². The summed E-state index contributed by atoms with van der Waals surface area (Å²) < 4.78 is 0. The average Bonchev–Trinajstić information content (AvgIpc) is 2.47. The molecule has 1 aromatic carbocycles. The van der Waals surface area contributed by atoms with Crippen molar-refractivity contribution in [2.45, 2.75) is 13.3 Å². The van der Waals surface area contributed by atoms with Crippen LogP contribution in [0.4, 0.5) is 11.9 Å². The first-order chi connectivity index (χ1) is 10.0. The predicted octanol–water partition coefficient (Wildman–Crippen LogP) is 3.73. The maximum atomic E-state index is 6.25. The van der Waals surface area contributed by atoms with E-state index in [4.69, 9.17) is 23.2 Å². The molecule has 21 heavy (non-hydrogen) atoms. The molecule has 0 aliphatic rings. The van der Waals surface area contributed by atoms with Gasteiger partial charge in [-0.3, -0.25) is 0 Å². The molecule has 0 aliphatic heterocycles. The van der Waals surface area contributed by atoms with E-state index in [9.17, 15) is 0 Å². The molecule has 0 atom stereocenters. The fourth-order valence-electron chi connectivity index (χ4n) is 1.68. The summed E-state index contributed by atoms with van der Waals surface area (Å²) >= 11 is 12.3. The van der Waals surface area contributed by atoms with Crippen molar-refractivity contribution >= 4 is 35.1 Å². The van der Waals surface area contributed by atoms with Crippen molar-refractivity contribution < 1.29 is 0 Å². The third kappa shape index (κ3) is 3.74. The van der Waals surface area contributed by atoms with Gasteiger partial charge in [0, 0.05) is 26.2 Å². The van der Waals surface area contributed by atoms with Gasteiger partial charge in [-0.25, -0.2) is 0 Å². The Kier molecular flexibility index (Phi) is 5.20. The van der Waals surface area contributed by atoms with Gasteiger partial charge in [0.25, 0.3) is 0 Å². The van der Waals surface area contributed by atoms with Crippen molar-refractivity contribution in [1.29, 1.82) is 0 Å². The van der Waals surface area contributed by atoms with E-state index in [0.29, 0.717) is 33.3 Å². The minimum Gasteiger partial charge on any atom is -0.354 e. The van der Waals surface area contributed by atoms with Gasteiger partial charge < -0.3 is 10.2 Å². The summed E-state index contributed by atoms with van der Waals surface area (Å²) in [5, 5.41) is 4.09. The van der Waals surface area contributed by atoms with Gasteiger partial charge in [-0.2, -0.15) is 15.0 Å². The number of halogens is 2. The smallest absolute Gasteiger partial charge is 0.230 e.